The molecule has 0 fully saturated rings. The molecule has 254 valence electrons. The van der Waals surface area contributed by atoms with Gasteiger partial charge in [0.1, 0.15) is 11.5 Å². The Labute approximate surface area is 294 Å². The standard InChI is InChI=1S/C37H38N4O6S2/c42-34-24-46-30-16-5-1-12-26(30)36(44)38-20-9-10-21-39-37(45)27-13-2-6-17-31(27)47-25-35(43)41-29-15-4-8-19-33(29)49-23-11-22-48-32-18-7-3-14-28(32)40-34/h1-8,12-19H,9-11,20-25H2,(H,38,44)(H,39,45)(H,40,42)(H,41,43). The maximum atomic E-state index is 12.9. The van der Waals surface area contributed by atoms with E-state index in [1.54, 1.807) is 72.1 Å². The van der Waals surface area contributed by atoms with Gasteiger partial charge >= 0.3 is 0 Å². The van der Waals surface area contributed by atoms with Crippen molar-refractivity contribution >= 4 is 58.5 Å². The number of thioether (sulfide) groups is 2. The highest BCUT2D eigenvalue weighted by molar-refractivity contribution is 8.00. The molecular weight excluding hydrogens is 661 g/mol. The molecular formula is C37H38N4O6S2. The van der Waals surface area contributed by atoms with Crippen molar-refractivity contribution in [2.75, 3.05) is 48.4 Å². The Morgan fingerprint density at radius 1 is 0.490 bits per heavy atom. The van der Waals surface area contributed by atoms with Crippen molar-refractivity contribution in [3.8, 4) is 11.5 Å². The summed E-state index contributed by atoms with van der Waals surface area (Å²) in [5, 5.41) is 11.6. The number of rotatable bonds is 0. The molecule has 0 spiro atoms. The lowest BCUT2D eigenvalue weighted by Gasteiger charge is -2.14. The lowest BCUT2D eigenvalue weighted by atomic mass is 10.1. The second-order valence-corrected chi connectivity index (χ2v) is 13.2. The average Bonchev–Trinajstić information content (AvgIpc) is 3.12. The number of anilines is 2. The van der Waals surface area contributed by atoms with Crippen LogP contribution >= 0.6 is 23.5 Å². The number of hydrogen-bond acceptors (Lipinski definition) is 8. The van der Waals surface area contributed by atoms with E-state index >= 15 is 0 Å². The molecule has 0 saturated carbocycles. The highest BCUT2D eigenvalue weighted by Crippen LogP contribution is 2.31. The Bertz CT molecular complexity index is 1640. The molecule has 4 aromatic rings. The Kier molecular flexibility index (Phi) is 13.4. The van der Waals surface area contributed by atoms with Crippen LogP contribution in [0.4, 0.5) is 11.4 Å². The quantitative estimate of drug-likeness (QED) is 0.169. The molecule has 0 aliphatic carbocycles. The smallest absolute Gasteiger partial charge is 0.262 e. The minimum Gasteiger partial charge on any atom is -0.483 e. The van der Waals surface area contributed by atoms with Gasteiger partial charge in [-0.2, -0.15) is 0 Å². The fraction of sp³-hybridized carbons (Fsp3) is 0.243. The molecule has 49 heavy (non-hydrogen) atoms. The predicted molar refractivity (Wildman–Crippen MR) is 194 cm³/mol. The van der Waals surface area contributed by atoms with Crippen LogP contribution in [-0.2, 0) is 9.59 Å². The molecule has 1 aliphatic rings. The van der Waals surface area contributed by atoms with Crippen molar-refractivity contribution in [3.05, 3.63) is 108 Å². The molecule has 5 rings (SSSR count). The highest BCUT2D eigenvalue weighted by atomic mass is 32.2. The van der Waals surface area contributed by atoms with Crippen LogP contribution in [0.25, 0.3) is 0 Å². The van der Waals surface area contributed by atoms with Crippen molar-refractivity contribution in [2.24, 2.45) is 0 Å². The average molecular weight is 699 g/mol. The first-order valence-electron chi connectivity index (χ1n) is 16.0. The van der Waals surface area contributed by atoms with Crippen LogP contribution in [0, 0.1) is 0 Å². The SMILES string of the molecule is O=C1COc2ccccc2C(=O)NCCCCNC(=O)c2ccccc2OCC(=O)Nc2ccccc2SCCCSc2ccccc2N1. The number of carbonyl (C=O) groups excluding carboxylic acids is 4. The van der Waals surface area contributed by atoms with E-state index in [1.807, 2.05) is 48.5 Å². The number of nitrogens with one attached hydrogen (secondary N) is 4. The van der Waals surface area contributed by atoms with Gasteiger partial charge in [-0.3, -0.25) is 19.2 Å². The molecule has 0 unspecified atom stereocenters. The topological polar surface area (TPSA) is 135 Å². The first kappa shape index (κ1) is 35.4. The number of para-hydroxylation sites is 4. The third-order valence-electron chi connectivity index (χ3n) is 7.28. The summed E-state index contributed by atoms with van der Waals surface area (Å²) in [6.45, 7) is 0.246. The minimum absolute atomic E-state index is 0.260. The molecule has 10 nitrogen and oxygen atoms in total. The molecule has 4 N–H and O–H groups in total. The van der Waals surface area contributed by atoms with E-state index in [1.165, 1.54) is 0 Å². The molecule has 0 atom stereocenters. The van der Waals surface area contributed by atoms with Gasteiger partial charge in [-0.15, -0.1) is 23.5 Å². The van der Waals surface area contributed by atoms with Gasteiger partial charge in [0.15, 0.2) is 13.2 Å². The molecule has 12 heteroatoms. The first-order chi connectivity index (χ1) is 24.0. The fourth-order valence-electron chi connectivity index (χ4n) is 4.88. The van der Waals surface area contributed by atoms with Gasteiger partial charge < -0.3 is 30.7 Å². The zero-order chi connectivity index (χ0) is 34.3. The molecule has 1 aliphatic heterocycles. The van der Waals surface area contributed by atoms with Crippen LogP contribution in [0.15, 0.2) is 107 Å². The van der Waals surface area contributed by atoms with E-state index in [4.69, 9.17) is 9.47 Å². The number of carbonyl (C=O) groups is 4. The molecule has 0 bridgehead atoms. The molecule has 0 radical (unpaired) electrons. The zero-order valence-corrected chi connectivity index (χ0v) is 28.5. The van der Waals surface area contributed by atoms with Crippen LogP contribution in [0.2, 0.25) is 0 Å². The van der Waals surface area contributed by atoms with E-state index in [2.05, 4.69) is 21.3 Å². The van der Waals surface area contributed by atoms with E-state index in [9.17, 15) is 19.2 Å². The van der Waals surface area contributed by atoms with Gasteiger partial charge in [0.2, 0.25) is 0 Å². The van der Waals surface area contributed by atoms with Crippen LogP contribution < -0.4 is 30.7 Å². The number of ether oxygens (including phenoxy) is 2. The summed E-state index contributed by atoms with van der Waals surface area (Å²) in [5.41, 5.74) is 2.04. The molecule has 4 amide bonds. The van der Waals surface area contributed by atoms with E-state index < -0.39 is 0 Å². The third kappa shape index (κ3) is 10.8. The van der Waals surface area contributed by atoms with Crippen LogP contribution in [0.5, 0.6) is 11.5 Å². The monoisotopic (exact) mass is 698 g/mol. The predicted octanol–water partition coefficient (Wildman–Crippen LogP) is 6.25. The molecule has 0 aromatic heterocycles. The Balaban J connectivity index is 1.27. The highest BCUT2D eigenvalue weighted by Gasteiger charge is 2.16. The second-order valence-electron chi connectivity index (χ2n) is 10.9. The van der Waals surface area contributed by atoms with E-state index in [0.717, 1.165) is 27.7 Å². The second kappa shape index (κ2) is 18.6. The number of benzene rings is 4. The lowest BCUT2D eigenvalue weighted by molar-refractivity contribution is -0.118. The summed E-state index contributed by atoms with van der Waals surface area (Å²) < 4.78 is 11.6. The summed E-state index contributed by atoms with van der Waals surface area (Å²) in [6.07, 6.45) is 2.11. The maximum absolute atomic E-state index is 12.9. The maximum Gasteiger partial charge on any atom is 0.262 e. The van der Waals surface area contributed by atoms with Crippen molar-refractivity contribution in [3.63, 3.8) is 0 Å². The summed E-state index contributed by atoms with van der Waals surface area (Å²) in [5.74, 6) is 0.941. The van der Waals surface area contributed by atoms with Gasteiger partial charge in [-0.1, -0.05) is 48.5 Å². The summed E-state index contributed by atoms with van der Waals surface area (Å²) in [6, 6.07) is 28.8. The Morgan fingerprint density at radius 3 is 1.37 bits per heavy atom. The van der Waals surface area contributed by atoms with Gasteiger partial charge in [-0.25, -0.2) is 0 Å². The van der Waals surface area contributed by atoms with Gasteiger partial charge in [0.25, 0.3) is 23.6 Å². The summed E-state index contributed by atoms with van der Waals surface area (Å²) >= 11 is 3.29. The summed E-state index contributed by atoms with van der Waals surface area (Å²) in [7, 11) is 0. The molecule has 1 heterocycles. The lowest BCUT2D eigenvalue weighted by Crippen LogP contribution is -2.28. The molecule has 0 saturated heterocycles. The third-order valence-corrected chi connectivity index (χ3v) is 9.60. The van der Waals surface area contributed by atoms with Crippen molar-refractivity contribution in [1.29, 1.82) is 0 Å². The van der Waals surface area contributed by atoms with E-state index in [-0.39, 0.29) is 36.8 Å². The number of hydrogen-bond donors (Lipinski definition) is 4. The van der Waals surface area contributed by atoms with Crippen molar-refractivity contribution in [2.45, 2.75) is 29.1 Å². The van der Waals surface area contributed by atoms with Crippen LogP contribution in [0.1, 0.15) is 40.0 Å². The van der Waals surface area contributed by atoms with Crippen molar-refractivity contribution < 1.29 is 28.7 Å². The number of fused-ring (bicyclic) bond motifs is 4. The first-order valence-corrected chi connectivity index (χ1v) is 18.0. The van der Waals surface area contributed by atoms with Crippen LogP contribution in [-0.4, -0.2) is 61.4 Å². The Morgan fingerprint density at radius 2 is 0.898 bits per heavy atom. The normalized spacial score (nSPS) is 16.0. The summed E-state index contributed by atoms with van der Waals surface area (Å²) in [4.78, 5) is 53.5. The van der Waals surface area contributed by atoms with Gasteiger partial charge in [-0.05, 0) is 79.3 Å². The fourth-order valence-corrected chi connectivity index (χ4v) is 6.98. The van der Waals surface area contributed by atoms with Gasteiger partial charge in [0, 0.05) is 22.9 Å². The Hall–Kier alpha value is -4.94. The zero-order valence-electron chi connectivity index (χ0n) is 26.9. The largest absolute Gasteiger partial charge is 0.483 e. The number of amides is 4. The molecule has 4 aromatic carbocycles. The minimum atomic E-state index is -0.337. The van der Waals surface area contributed by atoms with Crippen LogP contribution in [0.3, 0.4) is 0 Å². The van der Waals surface area contributed by atoms with Gasteiger partial charge in [0.05, 0.1) is 22.5 Å². The van der Waals surface area contributed by atoms with Crippen molar-refractivity contribution in [1.82, 2.24) is 10.6 Å². The van der Waals surface area contributed by atoms with E-state index in [0.29, 0.717) is 59.9 Å².